The van der Waals surface area contributed by atoms with Crippen molar-refractivity contribution in [2.24, 2.45) is 10.9 Å². The maximum Gasteiger partial charge on any atom is 0.338 e. The molecule has 1 unspecified atom stereocenters. The number of nitrogens with zero attached hydrogens (tertiary/aromatic N) is 1. The van der Waals surface area contributed by atoms with Crippen molar-refractivity contribution < 1.29 is 9.53 Å². The van der Waals surface area contributed by atoms with E-state index in [2.05, 4.69) is 5.32 Å². The van der Waals surface area contributed by atoms with Crippen molar-refractivity contribution in [2.75, 3.05) is 20.2 Å². The second-order valence-electron chi connectivity index (χ2n) is 4.76. The minimum absolute atomic E-state index is 0.264. The van der Waals surface area contributed by atoms with E-state index >= 15 is 0 Å². The lowest BCUT2D eigenvalue weighted by molar-refractivity contribution is 0.0599. The Morgan fingerprint density at radius 3 is 3.22 bits per heavy atom. The monoisotopic (exact) mass is 244 g/mol. The number of nitrogens with one attached hydrogen (secondary N) is 1. The third kappa shape index (κ3) is 1.82. The molecule has 0 bridgehead atoms. The molecule has 0 saturated carbocycles. The smallest absolute Gasteiger partial charge is 0.338 e. The van der Waals surface area contributed by atoms with Gasteiger partial charge in [-0.3, -0.25) is 4.99 Å². The predicted octanol–water partition coefficient (Wildman–Crippen LogP) is 1.71. The number of esters is 1. The standard InChI is InChI=1S/C14H16N2O2/c1-18-14(17)10-3-2-4-12-11(10)7-9-5-6-15-8-13(9)16-12/h2-4,9,15H,5-8H2,1H3. The number of rotatable bonds is 1. The van der Waals surface area contributed by atoms with Gasteiger partial charge in [0.15, 0.2) is 0 Å². The first-order chi connectivity index (χ1) is 8.79. The highest BCUT2D eigenvalue weighted by Crippen LogP contribution is 2.33. The summed E-state index contributed by atoms with van der Waals surface area (Å²) in [6.07, 6.45) is 1.99. The Kier molecular flexibility index (Phi) is 2.88. The van der Waals surface area contributed by atoms with Crippen LogP contribution < -0.4 is 5.32 Å². The molecular formula is C14H16N2O2. The van der Waals surface area contributed by atoms with E-state index in [-0.39, 0.29) is 5.97 Å². The van der Waals surface area contributed by atoms with Crippen LogP contribution in [0.4, 0.5) is 5.69 Å². The maximum atomic E-state index is 11.8. The number of methoxy groups -OCH3 is 1. The van der Waals surface area contributed by atoms with Gasteiger partial charge in [-0.1, -0.05) is 6.07 Å². The van der Waals surface area contributed by atoms with E-state index in [1.54, 1.807) is 0 Å². The first-order valence-corrected chi connectivity index (χ1v) is 6.28. The van der Waals surface area contributed by atoms with Crippen molar-refractivity contribution in [3.05, 3.63) is 29.3 Å². The predicted molar refractivity (Wildman–Crippen MR) is 69.6 cm³/mol. The second kappa shape index (κ2) is 4.53. The summed E-state index contributed by atoms with van der Waals surface area (Å²) in [6, 6.07) is 5.66. The Labute approximate surface area is 106 Å². The molecule has 3 rings (SSSR count). The number of piperidine rings is 1. The van der Waals surface area contributed by atoms with Crippen molar-refractivity contribution in [2.45, 2.75) is 12.8 Å². The normalized spacial score (nSPS) is 21.6. The molecular weight excluding hydrogens is 228 g/mol. The minimum Gasteiger partial charge on any atom is -0.465 e. The molecule has 1 N–H and O–H groups in total. The molecule has 2 heterocycles. The zero-order chi connectivity index (χ0) is 12.5. The number of benzene rings is 1. The SMILES string of the molecule is COC(=O)c1cccc2c1CC1CCNCC1=N2. The van der Waals surface area contributed by atoms with Gasteiger partial charge < -0.3 is 10.1 Å². The van der Waals surface area contributed by atoms with Crippen LogP contribution in [0.5, 0.6) is 0 Å². The number of hydrogen-bond acceptors (Lipinski definition) is 4. The van der Waals surface area contributed by atoms with Crippen LogP contribution in [0.15, 0.2) is 23.2 Å². The Balaban J connectivity index is 2.05. The van der Waals surface area contributed by atoms with Gasteiger partial charge in [-0.2, -0.15) is 0 Å². The zero-order valence-electron chi connectivity index (χ0n) is 10.4. The highest BCUT2D eigenvalue weighted by atomic mass is 16.5. The number of fused-ring (bicyclic) bond motifs is 2. The Hall–Kier alpha value is -1.68. The summed E-state index contributed by atoms with van der Waals surface area (Å²) in [7, 11) is 1.42. The molecule has 2 aliphatic heterocycles. The number of aliphatic imine (C=N–C) groups is 1. The first-order valence-electron chi connectivity index (χ1n) is 6.28. The van der Waals surface area contributed by atoms with Crippen molar-refractivity contribution in [1.82, 2.24) is 5.32 Å². The van der Waals surface area contributed by atoms with Crippen LogP contribution in [-0.2, 0) is 11.2 Å². The van der Waals surface area contributed by atoms with Crippen LogP contribution >= 0.6 is 0 Å². The number of hydrogen-bond donors (Lipinski definition) is 1. The zero-order valence-corrected chi connectivity index (χ0v) is 10.4. The van der Waals surface area contributed by atoms with E-state index in [4.69, 9.17) is 9.73 Å². The Bertz CT molecular complexity index is 523. The molecule has 1 aromatic rings. The number of ether oxygens (including phenoxy) is 1. The van der Waals surface area contributed by atoms with Crippen molar-refractivity contribution in [1.29, 1.82) is 0 Å². The van der Waals surface area contributed by atoms with E-state index in [9.17, 15) is 4.79 Å². The lowest BCUT2D eigenvalue weighted by Gasteiger charge is -2.30. The van der Waals surface area contributed by atoms with Crippen LogP contribution in [0, 0.1) is 5.92 Å². The van der Waals surface area contributed by atoms with E-state index < -0.39 is 0 Å². The van der Waals surface area contributed by atoms with Gasteiger partial charge in [0, 0.05) is 18.2 Å². The quantitative estimate of drug-likeness (QED) is 0.765. The fourth-order valence-corrected chi connectivity index (χ4v) is 2.75. The summed E-state index contributed by atoms with van der Waals surface area (Å²) in [5.74, 6) is 0.212. The van der Waals surface area contributed by atoms with Gasteiger partial charge in [-0.05, 0) is 37.1 Å². The van der Waals surface area contributed by atoms with Crippen molar-refractivity contribution in [3.8, 4) is 0 Å². The van der Waals surface area contributed by atoms with Gasteiger partial charge in [-0.15, -0.1) is 0 Å². The molecule has 0 aromatic heterocycles. The van der Waals surface area contributed by atoms with Crippen molar-refractivity contribution in [3.63, 3.8) is 0 Å². The molecule has 94 valence electrons. The fourth-order valence-electron chi connectivity index (χ4n) is 2.75. The van der Waals surface area contributed by atoms with Gasteiger partial charge >= 0.3 is 5.97 Å². The van der Waals surface area contributed by atoms with E-state index in [0.29, 0.717) is 11.5 Å². The molecule has 4 nitrogen and oxygen atoms in total. The van der Waals surface area contributed by atoms with Crippen molar-refractivity contribution >= 4 is 17.4 Å². The summed E-state index contributed by atoms with van der Waals surface area (Å²) in [5, 5.41) is 3.34. The Morgan fingerprint density at radius 1 is 1.50 bits per heavy atom. The van der Waals surface area contributed by atoms with Crippen LogP contribution in [0.1, 0.15) is 22.3 Å². The summed E-state index contributed by atoms with van der Waals surface area (Å²) in [5.41, 5.74) is 3.85. The maximum absolute atomic E-state index is 11.8. The topological polar surface area (TPSA) is 50.7 Å². The molecule has 0 aliphatic carbocycles. The molecule has 1 fully saturated rings. The van der Waals surface area contributed by atoms with Crippen LogP contribution in [0.3, 0.4) is 0 Å². The average molecular weight is 244 g/mol. The minimum atomic E-state index is -0.264. The van der Waals surface area contributed by atoms with Crippen LogP contribution in [0.25, 0.3) is 0 Å². The summed E-state index contributed by atoms with van der Waals surface area (Å²) < 4.78 is 4.84. The highest BCUT2D eigenvalue weighted by molar-refractivity contribution is 5.97. The summed E-state index contributed by atoms with van der Waals surface area (Å²) in [6.45, 7) is 1.89. The lowest BCUT2D eigenvalue weighted by Crippen LogP contribution is -2.39. The number of carbonyl (C=O) groups excluding carboxylic acids is 1. The number of carbonyl (C=O) groups is 1. The lowest BCUT2D eigenvalue weighted by atomic mass is 9.84. The fraction of sp³-hybridized carbons (Fsp3) is 0.429. The molecule has 0 amide bonds. The van der Waals surface area contributed by atoms with E-state index in [0.717, 1.165) is 37.2 Å². The molecule has 0 radical (unpaired) electrons. The first kappa shape index (κ1) is 11.4. The second-order valence-corrected chi connectivity index (χ2v) is 4.76. The average Bonchev–Trinajstić information content (AvgIpc) is 2.43. The van der Waals surface area contributed by atoms with Gasteiger partial charge in [0.05, 0.1) is 18.4 Å². The molecule has 2 aliphatic rings. The molecule has 1 saturated heterocycles. The molecule has 1 aromatic carbocycles. The molecule has 1 atom stereocenters. The van der Waals surface area contributed by atoms with E-state index in [1.807, 2.05) is 18.2 Å². The van der Waals surface area contributed by atoms with Gasteiger partial charge in [0.2, 0.25) is 0 Å². The molecule has 0 spiro atoms. The van der Waals surface area contributed by atoms with Gasteiger partial charge in [0.25, 0.3) is 0 Å². The Morgan fingerprint density at radius 2 is 2.39 bits per heavy atom. The third-order valence-electron chi connectivity index (χ3n) is 3.72. The van der Waals surface area contributed by atoms with Crippen LogP contribution in [0.2, 0.25) is 0 Å². The largest absolute Gasteiger partial charge is 0.465 e. The van der Waals surface area contributed by atoms with Gasteiger partial charge in [-0.25, -0.2) is 4.79 Å². The van der Waals surface area contributed by atoms with E-state index in [1.165, 1.54) is 12.8 Å². The highest BCUT2D eigenvalue weighted by Gasteiger charge is 2.28. The van der Waals surface area contributed by atoms with Gasteiger partial charge in [0.1, 0.15) is 0 Å². The van der Waals surface area contributed by atoms with Crippen LogP contribution in [-0.4, -0.2) is 31.9 Å². The molecule has 18 heavy (non-hydrogen) atoms. The third-order valence-corrected chi connectivity index (χ3v) is 3.72. The molecule has 4 heteroatoms. The summed E-state index contributed by atoms with van der Waals surface area (Å²) >= 11 is 0. The summed E-state index contributed by atoms with van der Waals surface area (Å²) in [4.78, 5) is 16.5.